The maximum atomic E-state index is 4.19. The molecule has 0 bridgehead atoms. The second kappa shape index (κ2) is 5.54. The quantitative estimate of drug-likeness (QED) is 0.891. The Morgan fingerprint density at radius 3 is 2.44 bits per heavy atom. The van der Waals surface area contributed by atoms with E-state index in [1.54, 1.807) is 0 Å². The van der Waals surface area contributed by atoms with Crippen molar-refractivity contribution >= 4 is 11.4 Å². The van der Waals surface area contributed by atoms with Crippen molar-refractivity contribution in [2.75, 3.05) is 24.3 Å². The van der Waals surface area contributed by atoms with Crippen LogP contribution in [0, 0.1) is 6.92 Å². The van der Waals surface area contributed by atoms with E-state index in [9.17, 15) is 0 Å². The molecule has 0 atom stereocenters. The summed E-state index contributed by atoms with van der Waals surface area (Å²) in [5.74, 6) is 0. The fourth-order valence-corrected chi connectivity index (χ4v) is 1.80. The van der Waals surface area contributed by atoms with Gasteiger partial charge in [0.2, 0.25) is 0 Å². The zero-order valence-electron chi connectivity index (χ0n) is 11.1. The Labute approximate surface area is 108 Å². The molecule has 0 saturated carbocycles. The van der Waals surface area contributed by atoms with E-state index in [2.05, 4.69) is 52.5 Å². The molecule has 3 nitrogen and oxygen atoms in total. The zero-order valence-corrected chi connectivity index (χ0v) is 11.1. The van der Waals surface area contributed by atoms with E-state index in [0.717, 1.165) is 12.2 Å². The van der Waals surface area contributed by atoms with Gasteiger partial charge in [0.1, 0.15) is 0 Å². The normalized spacial score (nSPS) is 10.2. The summed E-state index contributed by atoms with van der Waals surface area (Å²) >= 11 is 0. The first-order valence-corrected chi connectivity index (χ1v) is 6.07. The summed E-state index contributed by atoms with van der Waals surface area (Å²) < 4.78 is 0. The lowest BCUT2D eigenvalue weighted by molar-refractivity contribution is 1.09. The van der Waals surface area contributed by atoms with Crippen LogP contribution in [0.25, 0.3) is 0 Å². The molecule has 1 aromatic carbocycles. The van der Waals surface area contributed by atoms with Gasteiger partial charge in [-0.05, 0) is 42.3 Å². The topological polar surface area (TPSA) is 28.2 Å². The lowest BCUT2D eigenvalue weighted by Crippen LogP contribution is -2.08. The van der Waals surface area contributed by atoms with Gasteiger partial charge in [-0.1, -0.05) is 6.07 Å². The highest BCUT2D eigenvalue weighted by Gasteiger charge is 1.97. The van der Waals surface area contributed by atoms with E-state index < -0.39 is 0 Å². The van der Waals surface area contributed by atoms with Crippen molar-refractivity contribution in [3.05, 3.63) is 53.9 Å². The minimum atomic E-state index is 0.802. The highest BCUT2D eigenvalue weighted by Crippen LogP contribution is 2.16. The number of pyridine rings is 1. The molecule has 0 aliphatic carbocycles. The number of aryl methyl sites for hydroxylation is 1. The minimum absolute atomic E-state index is 0.802. The number of benzene rings is 1. The Kier molecular flexibility index (Phi) is 3.82. The van der Waals surface area contributed by atoms with Gasteiger partial charge in [0.15, 0.2) is 0 Å². The predicted octanol–water partition coefficient (Wildman–Crippen LogP) is 3.07. The molecule has 0 radical (unpaired) electrons. The molecular formula is C15H19N3. The van der Waals surface area contributed by atoms with Crippen molar-refractivity contribution in [3.63, 3.8) is 0 Å². The van der Waals surface area contributed by atoms with Crippen molar-refractivity contribution < 1.29 is 0 Å². The van der Waals surface area contributed by atoms with Gasteiger partial charge in [0.05, 0.1) is 0 Å². The standard InChI is InChI=1S/C15H19N3/c1-12-8-13(10-16-9-12)11-17-14-4-6-15(7-5-14)18(2)3/h4-10,17H,11H2,1-3H3. The highest BCUT2D eigenvalue weighted by atomic mass is 15.1. The van der Waals surface area contributed by atoms with Gasteiger partial charge in [0, 0.05) is 44.4 Å². The van der Waals surface area contributed by atoms with Crippen LogP contribution in [0.5, 0.6) is 0 Å². The van der Waals surface area contributed by atoms with Crippen LogP contribution in [0.2, 0.25) is 0 Å². The van der Waals surface area contributed by atoms with Crippen LogP contribution < -0.4 is 10.2 Å². The van der Waals surface area contributed by atoms with Crippen molar-refractivity contribution in [3.8, 4) is 0 Å². The zero-order chi connectivity index (χ0) is 13.0. The van der Waals surface area contributed by atoms with E-state index in [1.165, 1.54) is 16.8 Å². The van der Waals surface area contributed by atoms with Gasteiger partial charge >= 0.3 is 0 Å². The van der Waals surface area contributed by atoms with E-state index in [1.807, 2.05) is 26.5 Å². The third-order valence-corrected chi connectivity index (χ3v) is 2.81. The summed E-state index contributed by atoms with van der Waals surface area (Å²) in [7, 11) is 4.09. The molecule has 2 rings (SSSR count). The second-order valence-electron chi connectivity index (χ2n) is 4.67. The summed E-state index contributed by atoms with van der Waals surface area (Å²) in [6.45, 7) is 2.86. The number of nitrogens with zero attached hydrogens (tertiary/aromatic N) is 2. The molecule has 2 aromatic rings. The smallest absolute Gasteiger partial charge is 0.0416 e. The van der Waals surface area contributed by atoms with E-state index in [4.69, 9.17) is 0 Å². The average molecular weight is 241 g/mol. The maximum absolute atomic E-state index is 4.19. The molecule has 94 valence electrons. The van der Waals surface area contributed by atoms with Crippen molar-refractivity contribution in [2.24, 2.45) is 0 Å². The SMILES string of the molecule is Cc1cncc(CNc2ccc(N(C)C)cc2)c1. The number of anilines is 2. The van der Waals surface area contributed by atoms with E-state index >= 15 is 0 Å². The van der Waals surface area contributed by atoms with E-state index in [0.29, 0.717) is 0 Å². The molecule has 0 fully saturated rings. The van der Waals surface area contributed by atoms with Crippen LogP contribution in [0.4, 0.5) is 11.4 Å². The minimum Gasteiger partial charge on any atom is -0.381 e. The summed E-state index contributed by atoms with van der Waals surface area (Å²) in [6.07, 6.45) is 3.77. The average Bonchev–Trinajstić information content (AvgIpc) is 2.37. The number of rotatable bonds is 4. The molecule has 0 unspecified atom stereocenters. The molecule has 0 saturated heterocycles. The number of nitrogens with one attached hydrogen (secondary N) is 1. The third kappa shape index (κ3) is 3.23. The molecule has 1 N–H and O–H groups in total. The molecule has 0 aliphatic heterocycles. The summed E-state index contributed by atoms with van der Waals surface area (Å²) in [5.41, 5.74) is 4.73. The Morgan fingerprint density at radius 1 is 1.11 bits per heavy atom. The first-order chi connectivity index (χ1) is 8.65. The number of hydrogen-bond donors (Lipinski definition) is 1. The van der Waals surface area contributed by atoms with Crippen molar-refractivity contribution in [1.82, 2.24) is 4.98 Å². The summed E-state index contributed by atoms with van der Waals surface area (Å²) in [5, 5.41) is 3.40. The van der Waals surface area contributed by atoms with Crippen LogP contribution in [0.15, 0.2) is 42.7 Å². The number of aromatic nitrogens is 1. The Hall–Kier alpha value is -2.03. The Balaban J connectivity index is 1.98. The van der Waals surface area contributed by atoms with Gasteiger partial charge in [0.25, 0.3) is 0 Å². The first kappa shape index (κ1) is 12.4. The monoisotopic (exact) mass is 241 g/mol. The number of hydrogen-bond acceptors (Lipinski definition) is 3. The van der Waals surface area contributed by atoms with Crippen LogP contribution in [-0.4, -0.2) is 19.1 Å². The van der Waals surface area contributed by atoms with Crippen LogP contribution in [0.3, 0.4) is 0 Å². The van der Waals surface area contributed by atoms with Gasteiger partial charge in [-0.2, -0.15) is 0 Å². The molecule has 0 spiro atoms. The van der Waals surface area contributed by atoms with Gasteiger partial charge in [-0.25, -0.2) is 0 Å². The molecular weight excluding hydrogens is 222 g/mol. The van der Waals surface area contributed by atoms with Gasteiger partial charge in [-0.3, -0.25) is 4.98 Å². The van der Waals surface area contributed by atoms with Gasteiger partial charge in [-0.15, -0.1) is 0 Å². The fourth-order valence-electron chi connectivity index (χ4n) is 1.80. The van der Waals surface area contributed by atoms with Crippen LogP contribution >= 0.6 is 0 Å². The second-order valence-corrected chi connectivity index (χ2v) is 4.67. The molecule has 0 aliphatic rings. The molecule has 1 heterocycles. The lowest BCUT2D eigenvalue weighted by atomic mass is 10.2. The van der Waals surface area contributed by atoms with E-state index in [-0.39, 0.29) is 0 Å². The first-order valence-electron chi connectivity index (χ1n) is 6.07. The van der Waals surface area contributed by atoms with Crippen molar-refractivity contribution in [2.45, 2.75) is 13.5 Å². The summed E-state index contributed by atoms with van der Waals surface area (Å²) in [6, 6.07) is 10.6. The fraction of sp³-hybridized carbons (Fsp3) is 0.267. The largest absolute Gasteiger partial charge is 0.381 e. The molecule has 1 aromatic heterocycles. The molecule has 18 heavy (non-hydrogen) atoms. The molecule has 0 amide bonds. The Bertz CT molecular complexity index is 503. The predicted molar refractivity (Wildman–Crippen MR) is 77.1 cm³/mol. The van der Waals surface area contributed by atoms with Gasteiger partial charge < -0.3 is 10.2 Å². The van der Waals surface area contributed by atoms with Crippen LogP contribution in [0.1, 0.15) is 11.1 Å². The van der Waals surface area contributed by atoms with Crippen LogP contribution in [-0.2, 0) is 6.54 Å². The van der Waals surface area contributed by atoms with Crippen molar-refractivity contribution in [1.29, 1.82) is 0 Å². The Morgan fingerprint density at radius 2 is 1.83 bits per heavy atom. The summed E-state index contributed by atoms with van der Waals surface area (Å²) in [4.78, 5) is 6.28. The molecule has 3 heteroatoms. The lowest BCUT2D eigenvalue weighted by Gasteiger charge is -2.13. The third-order valence-electron chi connectivity index (χ3n) is 2.81. The highest BCUT2D eigenvalue weighted by molar-refractivity contribution is 5.54. The maximum Gasteiger partial charge on any atom is 0.0416 e.